The number of aromatic hydroxyl groups is 1. The van der Waals surface area contributed by atoms with E-state index in [0.717, 1.165) is 11.1 Å². The Balaban J connectivity index is 2.21. The summed E-state index contributed by atoms with van der Waals surface area (Å²) >= 11 is 0. The minimum absolute atomic E-state index is 0.133. The van der Waals surface area contributed by atoms with Gasteiger partial charge < -0.3 is 10.8 Å². The van der Waals surface area contributed by atoms with Crippen LogP contribution in [-0.4, -0.2) is 5.11 Å². The molecule has 0 heterocycles. The molecule has 0 spiro atoms. The first-order chi connectivity index (χ1) is 8.09. The summed E-state index contributed by atoms with van der Waals surface area (Å²) in [5.41, 5.74) is 9.43. The van der Waals surface area contributed by atoms with Crippen LogP contribution < -0.4 is 5.73 Å². The van der Waals surface area contributed by atoms with Gasteiger partial charge in [-0.1, -0.05) is 31.4 Å². The van der Waals surface area contributed by atoms with E-state index in [1.54, 1.807) is 0 Å². The van der Waals surface area contributed by atoms with Gasteiger partial charge in [-0.2, -0.15) is 0 Å². The molecule has 17 heavy (non-hydrogen) atoms. The molecule has 1 aromatic rings. The van der Waals surface area contributed by atoms with Gasteiger partial charge in [0.25, 0.3) is 0 Å². The van der Waals surface area contributed by atoms with Gasteiger partial charge in [0.15, 0.2) is 0 Å². The van der Waals surface area contributed by atoms with E-state index < -0.39 is 0 Å². The molecular weight excluding hydrogens is 210 g/mol. The summed E-state index contributed by atoms with van der Waals surface area (Å²) in [4.78, 5) is 0. The third-order valence-corrected chi connectivity index (χ3v) is 4.06. The van der Waals surface area contributed by atoms with Crippen molar-refractivity contribution in [1.29, 1.82) is 0 Å². The first kappa shape index (κ1) is 12.4. The van der Waals surface area contributed by atoms with E-state index in [-0.39, 0.29) is 6.04 Å². The molecule has 0 bridgehead atoms. The Morgan fingerprint density at radius 1 is 1.12 bits per heavy atom. The van der Waals surface area contributed by atoms with E-state index in [4.69, 9.17) is 5.73 Å². The molecule has 1 saturated carbocycles. The molecule has 94 valence electrons. The molecule has 1 aliphatic rings. The molecule has 0 unspecified atom stereocenters. The molecule has 3 N–H and O–H groups in total. The van der Waals surface area contributed by atoms with Crippen LogP contribution in [0, 0.1) is 19.8 Å². The largest absolute Gasteiger partial charge is 0.507 e. The molecule has 0 saturated heterocycles. The predicted octanol–water partition coefficient (Wildman–Crippen LogP) is 3.59. The van der Waals surface area contributed by atoms with Gasteiger partial charge >= 0.3 is 0 Å². The van der Waals surface area contributed by atoms with E-state index in [9.17, 15) is 5.11 Å². The van der Waals surface area contributed by atoms with Crippen molar-refractivity contribution in [3.63, 3.8) is 0 Å². The van der Waals surface area contributed by atoms with Gasteiger partial charge in [0, 0.05) is 6.04 Å². The molecule has 2 nitrogen and oxygen atoms in total. The summed E-state index contributed by atoms with van der Waals surface area (Å²) < 4.78 is 0. The van der Waals surface area contributed by atoms with Gasteiger partial charge in [-0.3, -0.25) is 0 Å². The van der Waals surface area contributed by atoms with Crippen LogP contribution in [0.5, 0.6) is 5.75 Å². The van der Waals surface area contributed by atoms with Gasteiger partial charge in [-0.05, 0) is 49.3 Å². The first-order valence-electron chi connectivity index (χ1n) is 6.65. The van der Waals surface area contributed by atoms with E-state index in [1.165, 1.54) is 37.7 Å². The third kappa shape index (κ3) is 2.63. The number of aryl methyl sites for hydroxylation is 2. The zero-order chi connectivity index (χ0) is 12.4. The Kier molecular flexibility index (Phi) is 3.72. The van der Waals surface area contributed by atoms with Gasteiger partial charge in [0.2, 0.25) is 0 Å². The lowest BCUT2D eigenvalue weighted by Crippen LogP contribution is -2.23. The average molecular weight is 233 g/mol. The third-order valence-electron chi connectivity index (χ3n) is 4.06. The fraction of sp³-hybridized carbons (Fsp3) is 0.600. The van der Waals surface area contributed by atoms with Crippen molar-refractivity contribution in [1.82, 2.24) is 0 Å². The van der Waals surface area contributed by atoms with Crippen molar-refractivity contribution in [2.45, 2.75) is 52.0 Å². The van der Waals surface area contributed by atoms with Crippen molar-refractivity contribution >= 4 is 0 Å². The lowest BCUT2D eigenvalue weighted by Gasteiger charge is -2.28. The van der Waals surface area contributed by atoms with Crippen molar-refractivity contribution < 1.29 is 5.11 Å². The van der Waals surface area contributed by atoms with Gasteiger partial charge in [-0.15, -0.1) is 0 Å². The number of nitrogens with two attached hydrogens (primary N) is 1. The van der Waals surface area contributed by atoms with Crippen molar-refractivity contribution in [2.75, 3.05) is 0 Å². The predicted molar refractivity (Wildman–Crippen MR) is 71.1 cm³/mol. The second kappa shape index (κ2) is 5.09. The first-order valence-corrected chi connectivity index (χ1v) is 6.65. The summed E-state index contributed by atoms with van der Waals surface area (Å²) in [6.45, 7) is 3.89. The lowest BCUT2D eigenvalue weighted by molar-refractivity contribution is 0.308. The Morgan fingerprint density at radius 2 is 1.65 bits per heavy atom. The monoisotopic (exact) mass is 233 g/mol. The number of hydrogen-bond donors (Lipinski definition) is 2. The average Bonchev–Trinajstić information content (AvgIpc) is 2.35. The highest BCUT2D eigenvalue weighted by atomic mass is 16.3. The number of rotatable bonds is 2. The van der Waals surface area contributed by atoms with Crippen molar-refractivity contribution in [3.8, 4) is 5.75 Å². The smallest absolute Gasteiger partial charge is 0.121 e. The fourth-order valence-corrected chi connectivity index (χ4v) is 2.95. The quantitative estimate of drug-likeness (QED) is 0.820. The van der Waals surface area contributed by atoms with E-state index in [2.05, 4.69) is 0 Å². The van der Waals surface area contributed by atoms with Crippen LogP contribution in [0.15, 0.2) is 12.1 Å². The molecule has 0 aliphatic heterocycles. The second-order valence-electron chi connectivity index (χ2n) is 5.43. The van der Waals surface area contributed by atoms with Crippen LogP contribution in [0.4, 0.5) is 0 Å². The Hall–Kier alpha value is -1.02. The number of hydrogen-bond acceptors (Lipinski definition) is 2. The topological polar surface area (TPSA) is 46.2 Å². The molecule has 0 amide bonds. The van der Waals surface area contributed by atoms with Crippen LogP contribution in [0.25, 0.3) is 0 Å². The normalized spacial score (nSPS) is 19.2. The van der Waals surface area contributed by atoms with Crippen LogP contribution in [0.2, 0.25) is 0 Å². The maximum Gasteiger partial charge on any atom is 0.121 e. The summed E-state index contributed by atoms with van der Waals surface area (Å²) in [5.74, 6) is 1.02. The Morgan fingerprint density at radius 3 is 2.18 bits per heavy atom. The Bertz CT molecular complexity index is 371. The fourth-order valence-electron chi connectivity index (χ4n) is 2.95. The van der Waals surface area contributed by atoms with Crippen LogP contribution >= 0.6 is 0 Å². The molecule has 1 aliphatic carbocycles. The maximum atomic E-state index is 9.78. The minimum Gasteiger partial charge on any atom is -0.507 e. The molecule has 0 aromatic heterocycles. The van der Waals surface area contributed by atoms with Crippen molar-refractivity contribution in [3.05, 3.63) is 28.8 Å². The number of phenolic OH excluding ortho intramolecular Hbond substituents is 1. The number of benzene rings is 1. The molecular formula is C15H23NO. The van der Waals surface area contributed by atoms with Gasteiger partial charge in [0.05, 0.1) is 0 Å². The second-order valence-corrected chi connectivity index (χ2v) is 5.43. The molecule has 2 rings (SSSR count). The molecule has 1 aromatic carbocycles. The molecule has 1 fully saturated rings. The minimum atomic E-state index is 0.133. The summed E-state index contributed by atoms with van der Waals surface area (Å²) in [7, 11) is 0. The zero-order valence-corrected chi connectivity index (χ0v) is 10.9. The highest BCUT2D eigenvalue weighted by Gasteiger charge is 2.22. The zero-order valence-electron chi connectivity index (χ0n) is 10.9. The maximum absolute atomic E-state index is 9.78. The summed E-state index contributed by atoms with van der Waals surface area (Å²) in [5, 5.41) is 9.78. The Labute approximate surface area is 104 Å². The lowest BCUT2D eigenvalue weighted by atomic mass is 9.81. The van der Waals surface area contributed by atoms with Crippen LogP contribution in [0.1, 0.15) is 54.8 Å². The van der Waals surface area contributed by atoms with Gasteiger partial charge in [-0.25, -0.2) is 0 Å². The van der Waals surface area contributed by atoms with E-state index in [0.29, 0.717) is 11.7 Å². The summed E-state index contributed by atoms with van der Waals surface area (Å²) in [6.07, 6.45) is 6.49. The highest BCUT2D eigenvalue weighted by molar-refractivity contribution is 5.43. The highest BCUT2D eigenvalue weighted by Crippen LogP contribution is 2.35. The van der Waals surface area contributed by atoms with Crippen LogP contribution in [-0.2, 0) is 0 Å². The molecule has 2 heteroatoms. The molecule has 1 atom stereocenters. The van der Waals surface area contributed by atoms with E-state index >= 15 is 0 Å². The molecule has 0 radical (unpaired) electrons. The summed E-state index contributed by atoms with van der Waals surface area (Å²) in [6, 6.07) is 4.22. The SMILES string of the molecule is Cc1cc([C@H](N)C2CCCCC2)cc(C)c1O. The van der Waals surface area contributed by atoms with E-state index in [1.807, 2.05) is 26.0 Å². The standard InChI is InChI=1S/C15H23NO/c1-10-8-13(9-11(2)15(10)17)14(16)12-6-4-3-5-7-12/h8-9,12,14,17H,3-7,16H2,1-2H3/t14-/m1/s1. The number of phenols is 1. The van der Waals surface area contributed by atoms with Gasteiger partial charge in [0.1, 0.15) is 5.75 Å². The van der Waals surface area contributed by atoms with Crippen LogP contribution in [0.3, 0.4) is 0 Å². The van der Waals surface area contributed by atoms with Crippen molar-refractivity contribution in [2.24, 2.45) is 11.7 Å².